The van der Waals surface area contributed by atoms with Gasteiger partial charge >= 0.3 is 0 Å². The maximum Gasteiger partial charge on any atom is 0.162 e. The normalized spacial score (nSPS) is 10.0. The zero-order valence-corrected chi connectivity index (χ0v) is 7.29. The van der Waals surface area contributed by atoms with Crippen molar-refractivity contribution in [2.75, 3.05) is 6.54 Å². The van der Waals surface area contributed by atoms with Gasteiger partial charge in [0, 0.05) is 12.0 Å². The van der Waals surface area contributed by atoms with E-state index in [0.29, 0.717) is 24.9 Å². The Hall–Kier alpha value is -1.22. The molecule has 0 atom stereocenters. The number of hydrogen-bond acceptors (Lipinski definition) is 2. The molecular weight excluding hydrogens is 169 g/mol. The van der Waals surface area contributed by atoms with Crippen LogP contribution in [0.5, 0.6) is 0 Å². The van der Waals surface area contributed by atoms with Crippen LogP contribution in [0.3, 0.4) is 0 Å². The number of nitrogens with two attached hydrogens (primary N) is 1. The first-order valence-electron chi connectivity index (χ1n) is 4.23. The van der Waals surface area contributed by atoms with E-state index in [2.05, 4.69) is 0 Å². The maximum atomic E-state index is 12.5. The van der Waals surface area contributed by atoms with Gasteiger partial charge in [-0.1, -0.05) is 0 Å². The van der Waals surface area contributed by atoms with Crippen LogP contribution in [0.1, 0.15) is 23.2 Å². The van der Waals surface area contributed by atoms with E-state index in [-0.39, 0.29) is 11.6 Å². The van der Waals surface area contributed by atoms with E-state index in [1.807, 2.05) is 0 Å². The minimum atomic E-state index is -0.324. The third-order valence-electron chi connectivity index (χ3n) is 1.77. The number of ketones is 1. The molecule has 0 unspecified atom stereocenters. The quantitative estimate of drug-likeness (QED) is 0.719. The van der Waals surface area contributed by atoms with Crippen LogP contribution in [-0.4, -0.2) is 12.3 Å². The van der Waals surface area contributed by atoms with Crippen molar-refractivity contribution < 1.29 is 9.18 Å². The first kappa shape index (κ1) is 9.86. The molecule has 0 saturated heterocycles. The van der Waals surface area contributed by atoms with Crippen LogP contribution >= 0.6 is 0 Å². The van der Waals surface area contributed by atoms with Gasteiger partial charge in [-0.2, -0.15) is 0 Å². The minimum Gasteiger partial charge on any atom is -0.330 e. The number of benzene rings is 1. The summed E-state index contributed by atoms with van der Waals surface area (Å²) in [5, 5.41) is 0. The Morgan fingerprint density at radius 1 is 1.31 bits per heavy atom. The van der Waals surface area contributed by atoms with Crippen LogP contribution in [0.25, 0.3) is 0 Å². The van der Waals surface area contributed by atoms with Gasteiger partial charge in [0.2, 0.25) is 0 Å². The highest BCUT2D eigenvalue weighted by atomic mass is 19.1. The van der Waals surface area contributed by atoms with Gasteiger partial charge in [0.05, 0.1) is 0 Å². The van der Waals surface area contributed by atoms with Gasteiger partial charge in [-0.3, -0.25) is 4.79 Å². The lowest BCUT2D eigenvalue weighted by Crippen LogP contribution is -2.04. The van der Waals surface area contributed by atoms with Gasteiger partial charge in [-0.15, -0.1) is 0 Å². The van der Waals surface area contributed by atoms with Crippen LogP contribution in [0.4, 0.5) is 4.39 Å². The number of Topliss-reactive ketones (excluding diaryl/α,β-unsaturated/α-hetero) is 1. The van der Waals surface area contributed by atoms with E-state index in [4.69, 9.17) is 5.73 Å². The van der Waals surface area contributed by atoms with Crippen molar-refractivity contribution in [1.82, 2.24) is 0 Å². The topological polar surface area (TPSA) is 43.1 Å². The fourth-order valence-corrected chi connectivity index (χ4v) is 1.04. The number of carbonyl (C=O) groups excluding carboxylic acids is 1. The van der Waals surface area contributed by atoms with Crippen molar-refractivity contribution >= 4 is 5.78 Å². The molecule has 13 heavy (non-hydrogen) atoms. The zero-order chi connectivity index (χ0) is 9.68. The molecular formula is C10H12FNO. The monoisotopic (exact) mass is 181 g/mol. The SMILES string of the molecule is NCCCC(=O)c1ccc(F)cc1. The van der Waals surface area contributed by atoms with E-state index in [1.165, 1.54) is 24.3 Å². The molecule has 0 aliphatic carbocycles. The largest absolute Gasteiger partial charge is 0.330 e. The van der Waals surface area contributed by atoms with Crippen LogP contribution in [0.15, 0.2) is 24.3 Å². The summed E-state index contributed by atoms with van der Waals surface area (Å²) < 4.78 is 12.5. The molecule has 0 bridgehead atoms. The summed E-state index contributed by atoms with van der Waals surface area (Å²) >= 11 is 0. The first-order chi connectivity index (χ1) is 6.24. The molecule has 1 aromatic carbocycles. The number of hydrogen-bond donors (Lipinski definition) is 1. The predicted molar refractivity (Wildman–Crippen MR) is 49.0 cm³/mol. The van der Waals surface area contributed by atoms with Crippen molar-refractivity contribution in [3.05, 3.63) is 35.6 Å². The molecule has 0 aromatic heterocycles. The fraction of sp³-hybridized carbons (Fsp3) is 0.300. The Labute approximate surface area is 76.6 Å². The van der Waals surface area contributed by atoms with Crippen LogP contribution < -0.4 is 5.73 Å². The second-order valence-electron chi connectivity index (χ2n) is 2.82. The molecule has 70 valence electrons. The lowest BCUT2D eigenvalue weighted by molar-refractivity contribution is 0.0981. The summed E-state index contributed by atoms with van der Waals surface area (Å²) in [5.74, 6) is -0.305. The number of halogens is 1. The molecule has 0 saturated carbocycles. The highest BCUT2D eigenvalue weighted by molar-refractivity contribution is 5.95. The molecule has 0 heterocycles. The molecule has 0 aliphatic rings. The Bertz CT molecular complexity index is 281. The molecule has 1 aromatic rings. The molecule has 0 radical (unpaired) electrons. The van der Waals surface area contributed by atoms with Gasteiger partial charge in [-0.05, 0) is 37.2 Å². The lowest BCUT2D eigenvalue weighted by Gasteiger charge is -1.98. The molecule has 3 heteroatoms. The first-order valence-corrected chi connectivity index (χ1v) is 4.23. The smallest absolute Gasteiger partial charge is 0.162 e. The van der Waals surface area contributed by atoms with Gasteiger partial charge in [-0.25, -0.2) is 4.39 Å². The Balaban J connectivity index is 2.61. The number of carbonyl (C=O) groups is 1. The Kier molecular flexibility index (Phi) is 3.58. The Morgan fingerprint density at radius 2 is 1.92 bits per heavy atom. The minimum absolute atomic E-state index is 0.0189. The number of rotatable bonds is 4. The summed E-state index contributed by atoms with van der Waals surface area (Å²) in [7, 11) is 0. The van der Waals surface area contributed by atoms with Crippen molar-refractivity contribution in [2.45, 2.75) is 12.8 Å². The van der Waals surface area contributed by atoms with E-state index in [1.54, 1.807) is 0 Å². The van der Waals surface area contributed by atoms with E-state index in [9.17, 15) is 9.18 Å². The van der Waals surface area contributed by atoms with E-state index in [0.717, 1.165) is 0 Å². The zero-order valence-electron chi connectivity index (χ0n) is 7.29. The lowest BCUT2D eigenvalue weighted by atomic mass is 10.1. The van der Waals surface area contributed by atoms with Crippen molar-refractivity contribution in [3.8, 4) is 0 Å². The van der Waals surface area contributed by atoms with Gasteiger partial charge in [0.25, 0.3) is 0 Å². The third kappa shape index (κ3) is 2.95. The molecule has 0 aliphatic heterocycles. The average Bonchev–Trinajstić information content (AvgIpc) is 2.15. The molecule has 1 rings (SSSR count). The van der Waals surface area contributed by atoms with Crippen LogP contribution in [0, 0.1) is 5.82 Å². The molecule has 0 spiro atoms. The van der Waals surface area contributed by atoms with Crippen molar-refractivity contribution in [3.63, 3.8) is 0 Å². The molecule has 0 amide bonds. The average molecular weight is 181 g/mol. The van der Waals surface area contributed by atoms with Gasteiger partial charge in [0.1, 0.15) is 5.82 Å². The van der Waals surface area contributed by atoms with E-state index >= 15 is 0 Å². The Morgan fingerprint density at radius 3 is 2.46 bits per heavy atom. The predicted octanol–water partition coefficient (Wildman–Crippen LogP) is 1.75. The van der Waals surface area contributed by atoms with E-state index < -0.39 is 0 Å². The molecule has 2 nitrogen and oxygen atoms in total. The fourth-order valence-electron chi connectivity index (χ4n) is 1.04. The summed E-state index contributed by atoms with van der Waals surface area (Å²) in [6.07, 6.45) is 1.11. The van der Waals surface area contributed by atoms with Crippen LogP contribution in [0.2, 0.25) is 0 Å². The summed E-state index contributed by atoms with van der Waals surface area (Å²) in [4.78, 5) is 11.3. The second-order valence-corrected chi connectivity index (χ2v) is 2.82. The second kappa shape index (κ2) is 4.72. The summed E-state index contributed by atoms with van der Waals surface area (Å²) in [6.45, 7) is 0.507. The standard InChI is InChI=1S/C10H12FNO/c11-9-5-3-8(4-6-9)10(13)2-1-7-12/h3-6H,1-2,7,12H2. The molecule has 0 fully saturated rings. The van der Waals surface area contributed by atoms with Crippen molar-refractivity contribution in [2.24, 2.45) is 5.73 Å². The van der Waals surface area contributed by atoms with Crippen LogP contribution in [-0.2, 0) is 0 Å². The molecule has 2 N–H and O–H groups in total. The van der Waals surface area contributed by atoms with Gasteiger partial charge < -0.3 is 5.73 Å². The maximum absolute atomic E-state index is 12.5. The van der Waals surface area contributed by atoms with Gasteiger partial charge in [0.15, 0.2) is 5.78 Å². The highest BCUT2D eigenvalue weighted by Crippen LogP contribution is 2.06. The van der Waals surface area contributed by atoms with Crippen molar-refractivity contribution in [1.29, 1.82) is 0 Å². The third-order valence-corrected chi connectivity index (χ3v) is 1.77. The summed E-state index contributed by atoms with van der Waals surface area (Å²) in [5.41, 5.74) is 5.82. The summed E-state index contributed by atoms with van der Waals surface area (Å²) in [6, 6.07) is 5.56. The highest BCUT2D eigenvalue weighted by Gasteiger charge is 2.04.